The fourth-order valence-electron chi connectivity index (χ4n) is 4.90. The number of nitrogens with zero attached hydrogens (tertiary/aromatic N) is 3. The Hall–Kier alpha value is -2.23. The number of ether oxygens (including phenoxy) is 1. The quantitative estimate of drug-likeness (QED) is 0.775. The number of pyridine rings is 1. The van der Waals surface area contributed by atoms with Crippen molar-refractivity contribution in [2.75, 3.05) is 40.0 Å². The van der Waals surface area contributed by atoms with Crippen LogP contribution in [0.4, 0.5) is 0 Å². The van der Waals surface area contributed by atoms with Gasteiger partial charge in [-0.15, -0.1) is 0 Å². The number of aliphatic hydroxyl groups excluding tert-OH is 1. The van der Waals surface area contributed by atoms with Crippen molar-refractivity contribution in [2.24, 2.45) is 0 Å². The number of fused-ring (bicyclic) bond motifs is 1. The van der Waals surface area contributed by atoms with E-state index in [-0.39, 0.29) is 12.6 Å². The molecule has 0 saturated carbocycles. The van der Waals surface area contributed by atoms with E-state index in [1.54, 1.807) is 7.11 Å². The molecule has 2 fully saturated rings. The molecule has 0 spiro atoms. The molecule has 1 aromatic carbocycles. The van der Waals surface area contributed by atoms with E-state index in [0.717, 1.165) is 31.7 Å². The van der Waals surface area contributed by atoms with Crippen molar-refractivity contribution in [3.63, 3.8) is 0 Å². The van der Waals surface area contributed by atoms with E-state index in [4.69, 9.17) is 4.74 Å². The number of aromatic nitrogens is 1. The summed E-state index contributed by atoms with van der Waals surface area (Å²) in [6.45, 7) is 4.80. The standard InChI is InChI=1S/C25H31N3O2/c1-30-15-5-7-20-8-10-22(11-9-20)25-23-18-27(17-21-6-4-12-26-16-21)13-2-3-14-28(23)24(25)19-29/h4,6,8-12,16,23-25,29H,2-3,13-15,17-19H2,1H3/t23-,24+,25-/m1/s1. The molecule has 0 aliphatic carbocycles. The largest absolute Gasteiger partial charge is 0.395 e. The summed E-state index contributed by atoms with van der Waals surface area (Å²) in [5.41, 5.74) is 3.57. The molecular formula is C25H31N3O2. The number of benzene rings is 1. The van der Waals surface area contributed by atoms with Gasteiger partial charge in [-0.05, 0) is 55.3 Å². The van der Waals surface area contributed by atoms with Gasteiger partial charge in [0.2, 0.25) is 0 Å². The average Bonchev–Trinajstić information content (AvgIpc) is 2.76. The summed E-state index contributed by atoms with van der Waals surface area (Å²) >= 11 is 0. The minimum atomic E-state index is 0.207. The molecule has 5 heteroatoms. The van der Waals surface area contributed by atoms with E-state index >= 15 is 0 Å². The van der Waals surface area contributed by atoms with Gasteiger partial charge in [-0.3, -0.25) is 14.8 Å². The third kappa shape index (κ3) is 4.74. The van der Waals surface area contributed by atoms with Crippen molar-refractivity contribution < 1.29 is 9.84 Å². The highest BCUT2D eigenvalue weighted by Crippen LogP contribution is 2.42. The number of aliphatic hydroxyl groups is 1. The second kappa shape index (κ2) is 10.2. The zero-order valence-corrected chi connectivity index (χ0v) is 17.7. The summed E-state index contributed by atoms with van der Waals surface area (Å²) in [6, 6.07) is 13.4. The van der Waals surface area contributed by atoms with Crippen molar-refractivity contribution in [2.45, 2.75) is 37.4 Å². The first-order valence-electron chi connectivity index (χ1n) is 10.9. The second-order valence-corrected chi connectivity index (χ2v) is 8.24. The predicted molar refractivity (Wildman–Crippen MR) is 118 cm³/mol. The molecule has 1 N–H and O–H groups in total. The molecule has 0 bridgehead atoms. The maximum atomic E-state index is 10.1. The Labute approximate surface area is 179 Å². The maximum absolute atomic E-state index is 10.1. The van der Waals surface area contributed by atoms with E-state index in [1.807, 2.05) is 18.5 Å². The smallest absolute Gasteiger partial charge is 0.107 e. The molecule has 30 heavy (non-hydrogen) atoms. The van der Waals surface area contributed by atoms with E-state index < -0.39 is 0 Å². The van der Waals surface area contributed by atoms with Crippen LogP contribution in [-0.4, -0.2) is 71.9 Å². The van der Waals surface area contributed by atoms with E-state index in [0.29, 0.717) is 18.6 Å². The maximum Gasteiger partial charge on any atom is 0.107 e. The summed E-state index contributed by atoms with van der Waals surface area (Å²) < 4.78 is 5.00. The third-order valence-electron chi connectivity index (χ3n) is 6.33. The molecule has 2 aromatic rings. The molecule has 1 aromatic heterocycles. The lowest BCUT2D eigenvalue weighted by Crippen LogP contribution is -2.67. The van der Waals surface area contributed by atoms with Crippen molar-refractivity contribution in [3.8, 4) is 11.8 Å². The van der Waals surface area contributed by atoms with Crippen LogP contribution < -0.4 is 0 Å². The minimum absolute atomic E-state index is 0.207. The molecule has 4 rings (SSSR count). The van der Waals surface area contributed by atoms with Gasteiger partial charge in [0.1, 0.15) is 6.61 Å². The van der Waals surface area contributed by atoms with Gasteiger partial charge < -0.3 is 9.84 Å². The fourth-order valence-corrected chi connectivity index (χ4v) is 4.90. The normalized spacial score (nSPS) is 24.7. The lowest BCUT2D eigenvalue weighted by Gasteiger charge is -2.57. The van der Waals surface area contributed by atoms with Crippen LogP contribution >= 0.6 is 0 Å². The first-order valence-corrected chi connectivity index (χ1v) is 10.9. The van der Waals surface area contributed by atoms with E-state index in [1.165, 1.54) is 24.0 Å². The zero-order valence-electron chi connectivity index (χ0n) is 17.7. The van der Waals surface area contributed by atoms with Crippen LogP contribution in [0.2, 0.25) is 0 Å². The van der Waals surface area contributed by atoms with Crippen LogP contribution in [0.1, 0.15) is 35.4 Å². The molecule has 2 saturated heterocycles. The molecule has 158 valence electrons. The molecule has 0 unspecified atom stereocenters. The minimum Gasteiger partial charge on any atom is -0.395 e. The van der Waals surface area contributed by atoms with Crippen molar-refractivity contribution >= 4 is 0 Å². The Morgan fingerprint density at radius 2 is 2.00 bits per heavy atom. The van der Waals surface area contributed by atoms with Crippen molar-refractivity contribution in [3.05, 3.63) is 65.5 Å². The summed E-state index contributed by atoms with van der Waals surface area (Å²) in [5, 5.41) is 10.1. The Kier molecular flexibility index (Phi) is 7.14. The molecule has 5 nitrogen and oxygen atoms in total. The van der Waals surface area contributed by atoms with Crippen LogP contribution in [0.5, 0.6) is 0 Å². The average molecular weight is 406 g/mol. The Morgan fingerprint density at radius 3 is 2.73 bits per heavy atom. The van der Waals surface area contributed by atoms with Crippen LogP contribution in [0.3, 0.4) is 0 Å². The number of methoxy groups -OCH3 is 1. The van der Waals surface area contributed by atoms with Gasteiger partial charge in [-0.1, -0.05) is 30.0 Å². The molecule has 2 aliphatic heterocycles. The van der Waals surface area contributed by atoms with Gasteiger partial charge in [0.25, 0.3) is 0 Å². The Bertz CT molecular complexity index is 859. The lowest BCUT2D eigenvalue weighted by atomic mass is 9.74. The number of hydrogen-bond donors (Lipinski definition) is 1. The van der Waals surface area contributed by atoms with Crippen LogP contribution in [0.15, 0.2) is 48.8 Å². The molecular weight excluding hydrogens is 374 g/mol. The number of rotatable bonds is 5. The highest BCUT2D eigenvalue weighted by molar-refractivity contribution is 5.39. The van der Waals surface area contributed by atoms with Crippen molar-refractivity contribution in [1.82, 2.24) is 14.8 Å². The van der Waals surface area contributed by atoms with E-state index in [9.17, 15) is 5.11 Å². The van der Waals surface area contributed by atoms with Crippen LogP contribution in [0, 0.1) is 11.8 Å². The van der Waals surface area contributed by atoms with Gasteiger partial charge in [0.15, 0.2) is 0 Å². The SMILES string of the molecule is COCC#Cc1ccc([C@@H]2[C@H]3CN(Cc4cccnc4)CCCCN3[C@H]2CO)cc1. The lowest BCUT2D eigenvalue weighted by molar-refractivity contribution is -0.0655. The molecule has 0 amide bonds. The molecule has 2 aliphatic rings. The monoisotopic (exact) mass is 405 g/mol. The summed E-state index contributed by atoms with van der Waals surface area (Å²) in [4.78, 5) is 9.35. The van der Waals surface area contributed by atoms with Gasteiger partial charge >= 0.3 is 0 Å². The van der Waals surface area contributed by atoms with Crippen molar-refractivity contribution in [1.29, 1.82) is 0 Å². The van der Waals surface area contributed by atoms with Crippen LogP contribution in [0.25, 0.3) is 0 Å². The first kappa shape index (κ1) is 21.0. The Balaban J connectivity index is 1.50. The highest BCUT2D eigenvalue weighted by Gasteiger charge is 2.48. The third-order valence-corrected chi connectivity index (χ3v) is 6.33. The summed E-state index contributed by atoms with van der Waals surface area (Å²) in [5.74, 6) is 6.49. The predicted octanol–water partition coefficient (Wildman–Crippen LogP) is 2.50. The molecule has 0 radical (unpaired) electrons. The Morgan fingerprint density at radius 1 is 1.17 bits per heavy atom. The van der Waals surface area contributed by atoms with Gasteiger partial charge in [0.05, 0.1) is 6.61 Å². The van der Waals surface area contributed by atoms with Gasteiger partial charge in [0, 0.05) is 56.2 Å². The molecule has 3 heterocycles. The summed E-state index contributed by atoms with van der Waals surface area (Å²) in [7, 11) is 1.65. The number of hydrogen-bond acceptors (Lipinski definition) is 5. The first-order chi connectivity index (χ1) is 14.8. The van der Waals surface area contributed by atoms with Crippen LogP contribution in [-0.2, 0) is 11.3 Å². The summed E-state index contributed by atoms with van der Waals surface area (Å²) in [6.07, 6.45) is 6.17. The fraction of sp³-hybridized carbons (Fsp3) is 0.480. The second-order valence-electron chi connectivity index (χ2n) is 8.24. The topological polar surface area (TPSA) is 48.8 Å². The van der Waals surface area contributed by atoms with Gasteiger partial charge in [-0.25, -0.2) is 0 Å². The zero-order chi connectivity index (χ0) is 20.8. The van der Waals surface area contributed by atoms with Gasteiger partial charge in [-0.2, -0.15) is 0 Å². The van der Waals surface area contributed by atoms with E-state index in [2.05, 4.69) is 57.0 Å². The highest BCUT2D eigenvalue weighted by atomic mass is 16.5. The molecule has 3 atom stereocenters.